The highest BCUT2D eigenvalue weighted by Crippen LogP contribution is 2.41. The number of nitrogens with one attached hydrogen (secondary N) is 2. The Bertz CT molecular complexity index is 1180. The van der Waals surface area contributed by atoms with Gasteiger partial charge in [-0.2, -0.15) is 0 Å². The van der Waals surface area contributed by atoms with Crippen LogP contribution in [0.1, 0.15) is 46.9 Å². The van der Waals surface area contributed by atoms with Crippen LogP contribution < -0.4 is 10.9 Å². The van der Waals surface area contributed by atoms with Gasteiger partial charge < -0.3 is 25.1 Å². The molecule has 0 saturated heterocycles. The van der Waals surface area contributed by atoms with E-state index in [1.807, 2.05) is 13.1 Å². The van der Waals surface area contributed by atoms with Gasteiger partial charge in [0.1, 0.15) is 5.75 Å². The van der Waals surface area contributed by atoms with E-state index in [1.165, 1.54) is 5.56 Å². The molecule has 0 saturated carbocycles. The van der Waals surface area contributed by atoms with E-state index in [2.05, 4.69) is 33.9 Å². The zero-order valence-electron chi connectivity index (χ0n) is 17.0. The minimum Gasteiger partial charge on any atom is -0.506 e. The summed E-state index contributed by atoms with van der Waals surface area (Å²) in [7, 11) is 2.01. The number of aromatic amines is 1. The quantitative estimate of drug-likeness (QED) is 0.463. The fraction of sp³-hybridized carbons (Fsp3) is 0.364. The molecule has 1 aliphatic rings. The van der Waals surface area contributed by atoms with Crippen LogP contribution in [0.2, 0.25) is 0 Å². The molecule has 30 heavy (non-hydrogen) atoms. The van der Waals surface area contributed by atoms with Crippen LogP contribution in [-0.4, -0.2) is 32.3 Å². The summed E-state index contributed by atoms with van der Waals surface area (Å²) in [5, 5.41) is 24.3. The summed E-state index contributed by atoms with van der Waals surface area (Å²) in [5.74, 6) is -1.83. The number of benzene rings is 1. The summed E-state index contributed by atoms with van der Waals surface area (Å²) in [5.41, 5.74) is 3.87. The molecular weight excluding hydrogens is 406 g/mol. The van der Waals surface area contributed by atoms with Crippen molar-refractivity contribution in [2.45, 2.75) is 39.2 Å². The summed E-state index contributed by atoms with van der Waals surface area (Å²) in [4.78, 5) is 26.6. The average Bonchev–Trinajstić information content (AvgIpc) is 2.82. The number of carbonyl (C=O) groups is 1. The molecule has 2 aromatic heterocycles. The smallest absolute Gasteiger partial charge is 0.345 e. The van der Waals surface area contributed by atoms with Gasteiger partial charge in [0.05, 0.1) is 5.69 Å². The second-order valence-electron chi connectivity index (χ2n) is 7.60. The molecule has 8 heteroatoms. The van der Waals surface area contributed by atoms with E-state index in [0.717, 1.165) is 54.5 Å². The Morgan fingerprint density at radius 1 is 1.30 bits per heavy atom. The molecule has 7 nitrogen and oxygen atoms in total. The van der Waals surface area contributed by atoms with Gasteiger partial charge in [0.15, 0.2) is 5.56 Å². The summed E-state index contributed by atoms with van der Waals surface area (Å²) in [6.07, 6.45) is 3.12. The van der Waals surface area contributed by atoms with Crippen LogP contribution in [0.4, 0.5) is 0 Å². The Morgan fingerprint density at radius 3 is 2.77 bits per heavy atom. The van der Waals surface area contributed by atoms with E-state index in [9.17, 15) is 19.8 Å². The molecule has 2 heterocycles. The third-order valence-electron chi connectivity index (χ3n) is 5.74. The fourth-order valence-electron chi connectivity index (χ4n) is 4.34. The van der Waals surface area contributed by atoms with Crippen LogP contribution in [0, 0.1) is 0 Å². The van der Waals surface area contributed by atoms with Gasteiger partial charge in [-0.15, -0.1) is 12.4 Å². The molecule has 160 valence electrons. The van der Waals surface area contributed by atoms with Gasteiger partial charge in [-0.3, -0.25) is 4.79 Å². The van der Waals surface area contributed by atoms with Crippen molar-refractivity contribution in [1.82, 2.24) is 14.9 Å². The van der Waals surface area contributed by atoms with Crippen LogP contribution in [0.5, 0.6) is 5.75 Å². The number of halogens is 1. The van der Waals surface area contributed by atoms with Gasteiger partial charge in [0.2, 0.25) is 0 Å². The molecule has 0 atom stereocenters. The first kappa shape index (κ1) is 21.9. The summed E-state index contributed by atoms with van der Waals surface area (Å²) >= 11 is 0. The number of rotatable bonds is 5. The number of hydrogen-bond acceptors (Lipinski definition) is 4. The van der Waals surface area contributed by atoms with Crippen LogP contribution in [-0.2, 0) is 26.4 Å². The van der Waals surface area contributed by atoms with E-state index in [1.54, 1.807) is 0 Å². The van der Waals surface area contributed by atoms with Crippen molar-refractivity contribution in [2.75, 3.05) is 6.54 Å². The van der Waals surface area contributed by atoms with Gasteiger partial charge in [0, 0.05) is 41.3 Å². The molecule has 4 rings (SSSR count). The minimum atomic E-state index is -1.42. The van der Waals surface area contributed by atoms with Crippen molar-refractivity contribution >= 4 is 29.3 Å². The maximum absolute atomic E-state index is 12.4. The van der Waals surface area contributed by atoms with Crippen LogP contribution in [0.3, 0.4) is 0 Å². The molecule has 0 aliphatic heterocycles. The van der Waals surface area contributed by atoms with E-state index in [-0.39, 0.29) is 12.4 Å². The number of carboxylic acid groups (broad SMARTS) is 1. The lowest BCUT2D eigenvalue weighted by Crippen LogP contribution is -2.20. The molecule has 0 bridgehead atoms. The van der Waals surface area contributed by atoms with Crippen molar-refractivity contribution in [3.63, 3.8) is 0 Å². The number of carboxylic acids is 1. The third-order valence-corrected chi connectivity index (χ3v) is 5.74. The van der Waals surface area contributed by atoms with Gasteiger partial charge in [0.25, 0.3) is 5.56 Å². The number of pyridine rings is 1. The Kier molecular flexibility index (Phi) is 6.24. The SMILES string of the molecule is CCCNCc1ccc2c3c(n(C)c2c1)CCCc1c-3[nH]c(=O)c(C(=O)O)c1O.Cl. The number of fused-ring (bicyclic) bond motifs is 5. The maximum atomic E-state index is 12.4. The second-order valence-corrected chi connectivity index (χ2v) is 7.60. The summed E-state index contributed by atoms with van der Waals surface area (Å²) in [6, 6.07) is 6.27. The molecule has 0 fully saturated rings. The first-order chi connectivity index (χ1) is 13.9. The lowest BCUT2D eigenvalue weighted by Gasteiger charge is -2.11. The molecule has 3 aromatic rings. The zero-order valence-corrected chi connectivity index (χ0v) is 17.9. The zero-order chi connectivity index (χ0) is 20.7. The Balaban J connectivity index is 0.00000256. The lowest BCUT2D eigenvalue weighted by molar-refractivity contribution is 0.0691. The van der Waals surface area contributed by atoms with Gasteiger partial charge in [-0.1, -0.05) is 19.1 Å². The molecule has 0 radical (unpaired) electrons. The first-order valence-corrected chi connectivity index (χ1v) is 9.96. The number of aromatic nitrogens is 2. The van der Waals surface area contributed by atoms with Gasteiger partial charge in [-0.05, 0) is 43.9 Å². The Hall–Kier alpha value is -2.77. The predicted molar refractivity (Wildman–Crippen MR) is 119 cm³/mol. The minimum absolute atomic E-state index is 0. The number of hydrogen-bond donors (Lipinski definition) is 4. The molecule has 4 N–H and O–H groups in total. The van der Waals surface area contributed by atoms with Crippen LogP contribution in [0.25, 0.3) is 22.2 Å². The van der Waals surface area contributed by atoms with Crippen molar-refractivity contribution < 1.29 is 15.0 Å². The topological polar surface area (TPSA) is 107 Å². The Labute approximate surface area is 180 Å². The lowest BCUT2D eigenvalue weighted by atomic mass is 9.99. The van der Waals surface area contributed by atoms with Crippen molar-refractivity contribution in [3.05, 3.63) is 50.9 Å². The van der Waals surface area contributed by atoms with Crippen molar-refractivity contribution in [1.29, 1.82) is 0 Å². The summed E-state index contributed by atoms with van der Waals surface area (Å²) < 4.78 is 2.14. The number of H-pyrrole nitrogens is 1. The fourth-order valence-corrected chi connectivity index (χ4v) is 4.34. The predicted octanol–water partition coefficient (Wildman–Crippen LogP) is 3.35. The molecule has 0 amide bonds. The van der Waals surface area contributed by atoms with Crippen LogP contribution in [0.15, 0.2) is 23.0 Å². The first-order valence-electron chi connectivity index (χ1n) is 9.96. The molecule has 1 aliphatic carbocycles. The van der Waals surface area contributed by atoms with Crippen molar-refractivity contribution in [2.24, 2.45) is 7.05 Å². The van der Waals surface area contributed by atoms with E-state index in [4.69, 9.17) is 0 Å². The van der Waals surface area contributed by atoms with Crippen LogP contribution >= 0.6 is 12.4 Å². The van der Waals surface area contributed by atoms with Crippen molar-refractivity contribution in [3.8, 4) is 17.0 Å². The largest absolute Gasteiger partial charge is 0.506 e. The van der Waals surface area contributed by atoms with E-state index >= 15 is 0 Å². The molecule has 0 unspecified atom stereocenters. The number of aromatic carboxylic acids is 1. The Morgan fingerprint density at radius 2 is 2.07 bits per heavy atom. The normalized spacial score (nSPS) is 12.7. The molecular formula is C22H26ClN3O4. The number of aryl methyl sites for hydroxylation is 1. The average molecular weight is 432 g/mol. The maximum Gasteiger partial charge on any atom is 0.345 e. The number of aromatic hydroxyl groups is 1. The summed E-state index contributed by atoms with van der Waals surface area (Å²) in [6.45, 7) is 3.88. The highest BCUT2D eigenvalue weighted by Gasteiger charge is 2.28. The van der Waals surface area contributed by atoms with Gasteiger partial charge >= 0.3 is 5.97 Å². The molecule has 1 aromatic carbocycles. The standard InChI is InChI=1S/C22H25N3O4.ClH/c1-3-9-23-11-12-7-8-13-16(10-12)25(2)15-6-4-5-14-19(17(13)15)24-21(27)18(20(14)26)22(28)29;/h7-8,10,23H,3-6,9,11H2,1-2H3,(H,28,29)(H2,24,26,27);1H. The highest BCUT2D eigenvalue weighted by molar-refractivity contribution is 6.00. The second kappa shape index (κ2) is 8.53. The van der Waals surface area contributed by atoms with E-state index < -0.39 is 22.8 Å². The van der Waals surface area contributed by atoms with Gasteiger partial charge in [-0.25, -0.2) is 4.79 Å². The monoisotopic (exact) mass is 431 g/mol. The third kappa shape index (κ3) is 3.48. The molecule has 0 spiro atoms. The highest BCUT2D eigenvalue weighted by atomic mass is 35.5. The van der Waals surface area contributed by atoms with E-state index in [0.29, 0.717) is 17.7 Å². The number of nitrogens with zero attached hydrogens (tertiary/aromatic N) is 1.